The van der Waals surface area contributed by atoms with Crippen LogP contribution in [0.25, 0.3) is 0 Å². The summed E-state index contributed by atoms with van der Waals surface area (Å²) in [4.78, 5) is 13.0. The Morgan fingerprint density at radius 1 is 1.31 bits per heavy atom. The van der Waals surface area contributed by atoms with E-state index >= 15 is 0 Å². The van der Waals surface area contributed by atoms with Gasteiger partial charge >= 0.3 is 0 Å². The van der Waals surface area contributed by atoms with Crippen LogP contribution >= 0.6 is 11.3 Å². The molecule has 1 atom stereocenters. The minimum Gasteiger partial charge on any atom is -0.296 e. The molecule has 7 nitrogen and oxygen atoms in total. The van der Waals surface area contributed by atoms with Crippen LogP contribution in [0.1, 0.15) is 61.0 Å². The van der Waals surface area contributed by atoms with Gasteiger partial charge in [0.05, 0.1) is 4.90 Å². The predicted octanol–water partition coefficient (Wildman–Crippen LogP) is 3.86. The molecule has 2 heterocycles. The molecule has 2 aromatic rings. The Hall–Kier alpha value is -1.84. The Balaban J connectivity index is 1.83. The van der Waals surface area contributed by atoms with E-state index in [2.05, 4.69) is 29.4 Å². The molecule has 1 aliphatic heterocycles. The molecule has 1 saturated heterocycles. The summed E-state index contributed by atoms with van der Waals surface area (Å²) in [6, 6.07) is 4.69. The molecule has 1 N–H and O–H groups in total. The molecule has 1 aromatic heterocycles. The zero-order chi connectivity index (χ0) is 21.2. The van der Waals surface area contributed by atoms with Gasteiger partial charge < -0.3 is 0 Å². The number of benzene rings is 1. The number of carbonyl (C=O) groups is 1. The first-order chi connectivity index (χ1) is 13.7. The third kappa shape index (κ3) is 5.02. The van der Waals surface area contributed by atoms with Gasteiger partial charge in [0.2, 0.25) is 15.2 Å². The Morgan fingerprint density at radius 3 is 2.76 bits per heavy atom. The van der Waals surface area contributed by atoms with E-state index < -0.39 is 10.0 Å². The van der Waals surface area contributed by atoms with Crippen LogP contribution in [0.2, 0.25) is 0 Å². The number of piperidine rings is 1. The number of aromatic nitrogens is 2. The van der Waals surface area contributed by atoms with Crippen molar-refractivity contribution >= 4 is 32.4 Å². The molecular weight excluding hydrogens is 408 g/mol. The number of nitrogens with zero attached hydrogens (tertiary/aromatic N) is 3. The quantitative estimate of drug-likeness (QED) is 0.742. The van der Waals surface area contributed by atoms with Gasteiger partial charge in [0.15, 0.2) is 0 Å². The number of amides is 1. The average Bonchev–Trinajstić information content (AvgIpc) is 3.08. The zero-order valence-corrected chi connectivity index (χ0v) is 18.9. The molecule has 158 valence electrons. The van der Waals surface area contributed by atoms with Crippen LogP contribution in [0.15, 0.2) is 23.1 Å². The number of hydrogen-bond donors (Lipinski definition) is 1. The highest BCUT2D eigenvalue weighted by atomic mass is 32.2. The molecule has 1 unspecified atom stereocenters. The van der Waals surface area contributed by atoms with E-state index in [-0.39, 0.29) is 16.8 Å². The summed E-state index contributed by atoms with van der Waals surface area (Å²) in [6.07, 6.45) is 3.55. The predicted molar refractivity (Wildman–Crippen MR) is 115 cm³/mol. The summed E-state index contributed by atoms with van der Waals surface area (Å²) in [7, 11) is -3.64. The molecule has 1 amide bonds. The largest absolute Gasteiger partial charge is 0.296 e. The van der Waals surface area contributed by atoms with E-state index in [0.29, 0.717) is 28.7 Å². The smallest absolute Gasteiger partial charge is 0.257 e. The summed E-state index contributed by atoms with van der Waals surface area (Å²) >= 11 is 1.34. The highest BCUT2D eigenvalue weighted by Gasteiger charge is 2.31. The summed E-state index contributed by atoms with van der Waals surface area (Å²) < 4.78 is 27.8. The van der Waals surface area contributed by atoms with Gasteiger partial charge in [0.25, 0.3) is 5.91 Å². The lowest BCUT2D eigenvalue weighted by atomic mass is 10.1. The maximum atomic E-state index is 13.1. The van der Waals surface area contributed by atoms with Crippen molar-refractivity contribution in [3.63, 3.8) is 0 Å². The van der Waals surface area contributed by atoms with Gasteiger partial charge in [-0.15, -0.1) is 10.2 Å². The molecular formula is C20H28N4O3S2. The van der Waals surface area contributed by atoms with Gasteiger partial charge in [0, 0.05) is 24.6 Å². The maximum Gasteiger partial charge on any atom is 0.257 e. The third-order valence-corrected chi connectivity index (χ3v) is 7.94. The fraction of sp³-hybridized carbons (Fsp3) is 0.550. The summed E-state index contributed by atoms with van der Waals surface area (Å²) in [6.45, 7) is 8.43. The Morgan fingerprint density at radius 2 is 2.07 bits per heavy atom. The Bertz CT molecular complexity index is 985. The van der Waals surface area contributed by atoms with Crippen molar-refractivity contribution in [1.82, 2.24) is 14.5 Å². The van der Waals surface area contributed by atoms with Crippen molar-refractivity contribution in [2.24, 2.45) is 5.92 Å². The van der Waals surface area contributed by atoms with Crippen LogP contribution in [0, 0.1) is 12.8 Å². The lowest BCUT2D eigenvalue weighted by molar-refractivity contribution is 0.102. The molecule has 3 rings (SSSR count). The van der Waals surface area contributed by atoms with E-state index in [1.165, 1.54) is 17.4 Å². The molecule has 0 radical (unpaired) electrons. The van der Waals surface area contributed by atoms with Gasteiger partial charge in [-0.2, -0.15) is 4.31 Å². The molecule has 0 aliphatic carbocycles. The first-order valence-electron chi connectivity index (χ1n) is 9.94. The van der Waals surface area contributed by atoms with E-state index in [4.69, 9.17) is 0 Å². The number of carbonyl (C=O) groups excluding carboxylic acids is 1. The number of aryl methyl sites for hydroxylation is 1. The van der Waals surface area contributed by atoms with E-state index in [1.54, 1.807) is 23.4 Å². The van der Waals surface area contributed by atoms with Gasteiger partial charge in [-0.25, -0.2) is 8.42 Å². The normalized spacial score (nSPS) is 18.2. The lowest BCUT2D eigenvalue weighted by Crippen LogP contribution is -2.42. The summed E-state index contributed by atoms with van der Waals surface area (Å²) in [5.41, 5.74) is 1.04. The first kappa shape index (κ1) is 21.9. The van der Waals surface area contributed by atoms with Crippen molar-refractivity contribution in [3.05, 3.63) is 34.3 Å². The molecule has 1 aliphatic rings. The summed E-state index contributed by atoms with van der Waals surface area (Å²) in [5, 5.41) is 12.2. The van der Waals surface area contributed by atoms with Gasteiger partial charge in [0.1, 0.15) is 5.01 Å². The van der Waals surface area contributed by atoms with Crippen LogP contribution in [0.5, 0.6) is 0 Å². The van der Waals surface area contributed by atoms with Crippen LogP contribution in [-0.2, 0) is 16.4 Å². The minimum atomic E-state index is -3.64. The van der Waals surface area contributed by atoms with Crippen molar-refractivity contribution in [2.45, 2.75) is 64.3 Å². The van der Waals surface area contributed by atoms with Crippen molar-refractivity contribution in [2.75, 3.05) is 11.9 Å². The Kier molecular flexibility index (Phi) is 6.70. The monoisotopic (exact) mass is 436 g/mol. The number of nitrogens with one attached hydrogen (secondary N) is 1. The molecule has 9 heteroatoms. The standard InChI is InChI=1S/C20H28N4O3S2/c1-13(2)11-18-22-23-20(28-18)21-19(25)17-12-16(9-8-14(17)3)29(26,27)24-10-6-5-7-15(24)4/h8-9,12-13,15H,5-7,10-11H2,1-4H3,(H,21,23,25). The van der Waals surface area contributed by atoms with Crippen molar-refractivity contribution in [3.8, 4) is 0 Å². The fourth-order valence-electron chi connectivity index (χ4n) is 3.47. The van der Waals surface area contributed by atoms with Crippen LogP contribution in [0.4, 0.5) is 5.13 Å². The minimum absolute atomic E-state index is 0.0342. The second-order valence-corrected chi connectivity index (χ2v) is 10.9. The summed E-state index contributed by atoms with van der Waals surface area (Å²) in [5.74, 6) is 0.0753. The van der Waals surface area contributed by atoms with E-state index in [9.17, 15) is 13.2 Å². The highest BCUT2D eigenvalue weighted by Crippen LogP contribution is 2.27. The van der Waals surface area contributed by atoms with Gasteiger partial charge in [-0.1, -0.05) is 37.7 Å². The second-order valence-electron chi connectivity index (χ2n) is 7.99. The molecule has 0 saturated carbocycles. The van der Waals surface area contributed by atoms with Crippen molar-refractivity contribution < 1.29 is 13.2 Å². The number of rotatable bonds is 6. The van der Waals surface area contributed by atoms with Gasteiger partial charge in [-0.3, -0.25) is 10.1 Å². The van der Waals surface area contributed by atoms with E-state index in [1.807, 2.05) is 6.92 Å². The fourth-order valence-corrected chi connectivity index (χ4v) is 6.14. The Labute approximate surface area is 176 Å². The maximum absolute atomic E-state index is 13.1. The first-order valence-corrected chi connectivity index (χ1v) is 12.2. The molecule has 0 spiro atoms. The SMILES string of the molecule is Cc1ccc(S(=O)(=O)N2CCCCC2C)cc1C(=O)Nc1nnc(CC(C)C)s1. The van der Waals surface area contributed by atoms with Crippen LogP contribution in [-0.4, -0.2) is 41.4 Å². The van der Waals surface area contributed by atoms with E-state index in [0.717, 1.165) is 30.7 Å². The van der Waals surface area contributed by atoms with Crippen LogP contribution in [0.3, 0.4) is 0 Å². The second kappa shape index (κ2) is 8.89. The third-order valence-electron chi connectivity index (χ3n) is 5.07. The molecule has 1 fully saturated rings. The zero-order valence-electron chi connectivity index (χ0n) is 17.3. The van der Waals surface area contributed by atoms with Gasteiger partial charge in [-0.05, 0) is 50.3 Å². The molecule has 1 aromatic carbocycles. The average molecular weight is 437 g/mol. The molecule has 0 bridgehead atoms. The molecule has 29 heavy (non-hydrogen) atoms. The number of hydrogen-bond acceptors (Lipinski definition) is 6. The lowest BCUT2D eigenvalue weighted by Gasteiger charge is -2.32. The number of anilines is 1. The van der Waals surface area contributed by atoms with Crippen molar-refractivity contribution in [1.29, 1.82) is 0 Å². The highest BCUT2D eigenvalue weighted by molar-refractivity contribution is 7.89. The van der Waals surface area contributed by atoms with Crippen LogP contribution < -0.4 is 5.32 Å². The number of sulfonamides is 1. The topological polar surface area (TPSA) is 92.3 Å².